The molecule has 1 aliphatic rings. The van der Waals surface area contributed by atoms with E-state index in [-0.39, 0.29) is 0 Å². The van der Waals surface area contributed by atoms with E-state index < -0.39 is 0 Å². The smallest absolute Gasteiger partial charge is 0.130 e. The van der Waals surface area contributed by atoms with Crippen LogP contribution in [-0.2, 0) is 0 Å². The van der Waals surface area contributed by atoms with Gasteiger partial charge in [0, 0.05) is 30.0 Å². The van der Waals surface area contributed by atoms with Crippen LogP contribution in [0.15, 0.2) is 24.3 Å². The molecule has 2 aromatic rings. The Labute approximate surface area is 148 Å². The molecule has 0 aliphatic carbocycles. The molecule has 0 spiro atoms. The van der Waals surface area contributed by atoms with Crippen LogP contribution in [0.2, 0.25) is 5.02 Å². The van der Waals surface area contributed by atoms with Crippen molar-refractivity contribution >= 4 is 28.3 Å². The van der Waals surface area contributed by atoms with Gasteiger partial charge >= 0.3 is 0 Å². The Morgan fingerprint density at radius 3 is 2.83 bits per heavy atom. The van der Waals surface area contributed by atoms with Gasteiger partial charge in [0.2, 0.25) is 0 Å². The fourth-order valence-corrected chi connectivity index (χ4v) is 3.65. The summed E-state index contributed by atoms with van der Waals surface area (Å²) in [5.74, 6) is 1.57. The van der Waals surface area contributed by atoms with Crippen molar-refractivity contribution in [3.05, 3.63) is 34.9 Å². The van der Waals surface area contributed by atoms with Gasteiger partial charge in [-0.15, -0.1) is 0 Å². The second-order valence-corrected chi connectivity index (χ2v) is 6.82. The summed E-state index contributed by atoms with van der Waals surface area (Å²) in [6, 6.07) is 9.73. The zero-order valence-electron chi connectivity index (χ0n) is 14.3. The van der Waals surface area contributed by atoms with Gasteiger partial charge in [-0.3, -0.25) is 0 Å². The Bertz CT molecular complexity index is 764. The predicted octanol–water partition coefficient (Wildman–Crippen LogP) is 3.93. The lowest BCUT2D eigenvalue weighted by Crippen LogP contribution is -2.31. The first-order valence-electron chi connectivity index (χ1n) is 8.62. The van der Waals surface area contributed by atoms with Gasteiger partial charge in [0.1, 0.15) is 5.82 Å². The van der Waals surface area contributed by atoms with Crippen molar-refractivity contribution in [1.29, 1.82) is 5.26 Å². The third kappa shape index (κ3) is 3.48. The zero-order chi connectivity index (χ0) is 17.1. The SMILES string of the molecule is CCN(CC)CC1CCN(c2cc(C#N)c3cc(Cl)ccc3n2)C1. The van der Waals surface area contributed by atoms with Crippen molar-refractivity contribution in [2.75, 3.05) is 37.6 Å². The molecule has 5 heteroatoms. The molecule has 0 amide bonds. The molecular weight excluding hydrogens is 320 g/mol. The molecule has 24 heavy (non-hydrogen) atoms. The molecule has 1 unspecified atom stereocenters. The Morgan fingerprint density at radius 1 is 1.33 bits per heavy atom. The highest BCUT2D eigenvalue weighted by molar-refractivity contribution is 6.31. The number of nitrogens with zero attached hydrogens (tertiary/aromatic N) is 4. The summed E-state index contributed by atoms with van der Waals surface area (Å²) < 4.78 is 0. The van der Waals surface area contributed by atoms with E-state index in [1.807, 2.05) is 24.3 Å². The molecular formula is C19H23ClN4. The van der Waals surface area contributed by atoms with Gasteiger partial charge in [0.25, 0.3) is 0 Å². The Hall–Kier alpha value is -1.83. The van der Waals surface area contributed by atoms with Gasteiger partial charge in [0.05, 0.1) is 17.1 Å². The first-order chi connectivity index (χ1) is 11.6. The molecule has 1 aromatic carbocycles. The van der Waals surface area contributed by atoms with Gasteiger partial charge < -0.3 is 9.80 Å². The Balaban J connectivity index is 1.83. The Kier molecular flexibility index (Phi) is 5.23. The summed E-state index contributed by atoms with van der Waals surface area (Å²) in [7, 11) is 0. The molecule has 126 valence electrons. The minimum Gasteiger partial charge on any atom is -0.356 e. The highest BCUT2D eigenvalue weighted by Crippen LogP contribution is 2.28. The second-order valence-electron chi connectivity index (χ2n) is 6.39. The van der Waals surface area contributed by atoms with Crippen LogP contribution < -0.4 is 4.90 Å². The van der Waals surface area contributed by atoms with E-state index >= 15 is 0 Å². The molecule has 1 fully saturated rings. The van der Waals surface area contributed by atoms with Crippen LogP contribution in [0.25, 0.3) is 10.9 Å². The summed E-state index contributed by atoms with van der Waals surface area (Å²) in [6.07, 6.45) is 1.18. The summed E-state index contributed by atoms with van der Waals surface area (Å²) in [6.45, 7) is 9.77. The van der Waals surface area contributed by atoms with E-state index in [9.17, 15) is 5.26 Å². The van der Waals surface area contributed by atoms with E-state index in [0.717, 1.165) is 49.4 Å². The standard InChI is InChI=1S/C19H23ClN4/c1-3-23(4-2)12-14-7-8-24(13-14)19-9-15(11-21)17-10-16(20)5-6-18(17)22-19/h5-6,9-10,14H,3-4,7-8,12-13H2,1-2H3. The van der Waals surface area contributed by atoms with E-state index in [1.165, 1.54) is 6.42 Å². The number of hydrogen-bond donors (Lipinski definition) is 0. The maximum atomic E-state index is 9.48. The lowest BCUT2D eigenvalue weighted by atomic mass is 10.1. The van der Waals surface area contributed by atoms with Crippen molar-refractivity contribution < 1.29 is 0 Å². The fraction of sp³-hybridized carbons (Fsp3) is 0.474. The van der Waals surface area contributed by atoms with Crippen LogP contribution in [0.3, 0.4) is 0 Å². The number of benzene rings is 1. The van der Waals surface area contributed by atoms with E-state index in [4.69, 9.17) is 16.6 Å². The molecule has 0 bridgehead atoms. The fourth-order valence-electron chi connectivity index (χ4n) is 3.48. The maximum absolute atomic E-state index is 9.48. The van der Waals surface area contributed by atoms with Crippen molar-refractivity contribution in [2.24, 2.45) is 5.92 Å². The summed E-state index contributed by atoms with van der Waals surface area (Å²) in [5, 5.41) is 10.9. The highest BCUT2D eigenvalue weighted by atomic mass is 35.5. The number of rotatable bonds is 5. The third-order valence-electron chi connectivity index (χ3n) is 4.90. The maximum Gasteiger partial charge on any atom is 0.130 e. The van der Waals surface area contributed by atoms with Crippen LogP contribution in [-0.4, -0.2) is 42.6 Å². The normalized spacial score (nSPS) is 17.6. The molecule has 4 nitrogen and oxygen atoms in total. The molecule has 1 aliphatic heterocycles. The van der Waals surface area contributed by atoms with E-state index in [2.05, 4.69) is 29.7 Å². The molecule has 0 saturated carbocycles. The van der Waals surface area contributed by atoms with Gasteiger partial charge in [-0.25, -0.2) is 4.98 Å². The molecule has 0 radical (unpaired) electrons. The third-order valence-corrected chi connectivity index (χ3v) is 5.13. The topological polar surface area (TPSA) is 43.2 Å². The number of fused-ring (bicyclic) bond motifs is 1. The van der Waals surface area contributed by atoms with Crippen LogP contribution in [0, 0.1) is 17.2 Å². The first kappa shape index (κ1) is 17.0. The molecule has 0 N–H and O–H groups in total. The number of aromatic nitrogens is 1. The minimum absolute atomic E-state index is 0.633. The number of pyridine rings is 1. The number of hydrogen-bond acceptors (Lipinski definition) is 4. The average molecular weight is 343 g/mol. The molecule has 3 rings (SSSR count). The van der Waals surface area contributed by atoms with Crippen LogP contribution >= 0.6 is 11.6 Å². The highest BCUT2D eigenvalue weighted by Gasteiger charge is 2.25. The van der Waals surface area contributed by atoms with E-state index in [1.54, 1.807) is 0 Å². The molecule has 1 aromatic heterocycles. The summed E-state index contributed by atoms with van der Waals surface area (Å²) in [4.78, 5) is 9.55. The van der Waals surface area contributed by atoms with Crippen LogP contribution in [0.5, 0.6) is 0 Å². The quantitative estimate of drug-likeness (QED) is 0.825. The van der Waals surface area contributed by atoms with Crippen molar-refractivity contribution in [1.82, 2.24) is 9.88 Å². The Morgan fingerprint density at radius 2 is 2.12 bits per heavy atom. The van der Waals surface area contributed by atoms with Crippen LogP contribution in [0.1, 0.15) is 25.8 Å². The number of halogens is 1. The van der Waals surface area contributed by atoms with Gasteiger partial charge in [0.15, 0.2) is 0 Å². The summed E-state index contributed by atoms with van der Waals surface area (Å²) in [5.41, 5.74) is 1.48. The zero-order valence-corrected chi connectivity index (χ0v) is 15.1. The lowest BCUT2D eigenvalue weighted by molar-refractivity contribution is 0.261. The first-order valence-corrected chi connectivity index (χ1v) is 9.00. The lowest BCUT2D eigenvalue weighted by Gasteiger charge is -2.23. The van der Waals surface area contributed by atoms with Gasteiger partial charge in [-0.1, -0.05) is 25.4 Å². The van der Waals surface area contributed by atoms with Crippen LogP contribution in [0.4, 0.5) is 5.82 Å². The monoisotopic (exact) mass is 342 g/mol. The molecule has 2 heterocycles. The average Bonchev–Trinajstić information content (AvgIpc) is 3.07. The molecule has 1 saturated heterocycles. The van der Waals surface area contributed by atoms with Crippen molar-refractivity contribution in [3.63, 3.8) is 0 Å². The van der Waals surface area contributed by atoms with Gasteiger partial charge in [-0.05, 0) is 49.7 Å². The second kappa shape index (κ2) is 7.38. The van der Waals surface area contributed by atoms with E-state index in [0.29, 0.717) is 16.5 Å². The summed E-state index contributed by atoms with van der Waals surface area (Å²) >= 11 is 6.06. The number of nitriles is 1. The van der Waals surface area contributed by atoms with Gasteiger partial charge in [-0.2, -0.15) is 5.26 Å². The van der Waals surface area contributed by atoms with Crippen molar-refractivity contribution in [3.8, 4) is 6.07 Å². The largest absolute Gasteiger partial charge is 0.356 e. The predicted molar refractivity (Wildman–Crippen MR) is 99.6 cm³/mol. The number of anilines is 1. The van der Waals surface area contributed by atoms with Crippen molar-refractivity contribution in [2.45, 2.75) is 20.3 Å². The molecule has 1 atom stereocenters. The minimum atomic E-state index is 0.633.